The van der Waals surface area contributed by atoms with Crippen LogP contribution in [0.5, 0.6) is 0 Å². The second-order valence-electron chi connectivity index (χ2n) is 3.35. The van der Waals surface area contributed by atoms with Gasteiger partial charge in [-0.25, -0.2) is 4.98 Å². The smallest absolute Gasteiger partial charge is 0.270 e. The van der Waals surface area contributed by atoms with Gasteiger partial charge in [-0.1, -0.05) is 11.3 Å². The lowest BCUT2D eigenvalue weighted by Crippen LogP contribution is -2.06. The normalized spacial score (nSPS) is 10.6. The summed E-state index contributed by atoms with van der Waals surface area (Å²) in [5.41, 5.74) is 0.852. The van der Waals surface area contributed by atoms with Crippen molar-refractivity contribution < 1.29 is 9.66 Å². The number of ether oxygens (including phenoxy) is 1. The lowest BCUT2D eigenvalue weighted by molar-refractivity contribution is -0.384. The van der Waals surface area contributed by atoms with Crippen molar-refractivity contribution >= 4 is 32.4 Å². The van der Waals surface area contributed by atoms with E-state index in [9.17, 15) is 10.1 Å². The van der Waals surface area contributed by atoms with Crippen LogP contribution >= 0.6 is 11.3 Å². The average Bonchev–Trinajstić information content (AvgIpc) is 2.70. The molecule has 0 bridgehead atoms. The van der Waals surface area contributed by atoms with Crippen LogP contribution in [0.25, 0.3) is 10.2 Å². The Bertz CT molecular complexity index is 541. The van der Waals surface area contributed by atoms with E-state index in [0.717, 1.165) is 15.3 Å². The second kappa shape index (κ2) is 5.07. The SMILES string of the molecule is COCCNc1nc2ccc([N+](=O)[O-])cc2s1. The molecule has 0 fully saturated rings. The summed E-state index contributed by atoms with van der Waals surface area (Å²) in [5, 5.41) is 14.5. The maximum absolute atomic E-state index is 10.6. The number of rotatable bonds is 5. The number of anilines is 1. The molecule has 6 nitrogen and oxygen atoms in total. The molecule has 0 saturated heterocycles. The maximum atomic E-state index is 10.6. The first-order valence-corrected chi connectivity index (χ1v) is 5.80. The highest BCUT2D eigenvalue weighted by molar-refractivity contribution is 7.22. The van der Waals surface area contributed by atoms with E-state index in [1.165, 1.54) is 23.5 Å². The summed E-state index contributed by atoms with van der Waals surface area (Å²) < 4.78 is 5.72. The van der Waals surface area contributed by atoms with Gasteiger partial charge in [0, 0.05) is 25.8 Å². The molecule has 0 spiro atoms. The summed E-state index contributed by atoms with van der Waals surface area (Å²) in [4.78, 5) is 14.5. The molecule has 90 valence electrons. The van der Waals surface area contributed by atoms with E-state index in [1.54, 1.807) is 13.2 Å². The lowest BCUT2D eigenvalue weighted by Gasteiger charge is -1.99. The molecule has 17 heavy (non-hydrogen) atoms. The summed E-state index contributed by atoms with van der Waals surface area (Å²) in [6.45, 7) is 1.26. The van der Waals surface area contributed by atoms with Crippen LogP contribution in [-0.2, 0) is 4.74 Å². The predicted octanol–water partition coefficient (Wildman–Crippen LogP) is 2.26. The van der Waals surface area contributed by atoms with Gasteiger partial charge in [-0.05, 0) is 6.07 Å². The molecule has 1 N–H and O–H groups in total. The van der Waals surface area contributed by atoms with Crippen LogP contribution in [0.3, 0.4) is 0 Å². The number of non-ortho nitro benzene ring substituents is 1. The van der Waals surface area contributed by atoms with Crippen molar-refractivity contribution in [2.45, 2.75) is 0 Å². The molecule has 1 aromatic heterocycles. The zero-order valence-corrected chi connectivity index (χ0v) is 9.99. The lowest BCUT2D eigenvalue weighted by atomic mass is 10.3. The number of fused-ring (bicyclic) bond motifs is 1. The van der Waals surface area contributed by atoms with Crippen molar-refractivity contribution in [2.75, 3.05) is 25.6 Å². The van der Waals surface area contributed by atoms with Gasteiger partial charge in [0.2, 0.25) is 0 Å². The third kappa shape index (κ3) is 2.69. The Labute approximate surface area is 101 Å². The van der Waals surface area contributed by atoms with Gasteiger partial charge in [-0.2, -0.15) is 0 Å². The van der Waals surface area contributed by atoms with Crippen LogP contribution in [-0.4, -0.2) is 30.2 Å². The topological polar surface area (TPSA) is 77.3 Å². The molecule has 0 radical (unpaired) electrons. The van der Waals surface area contributed by atoms with Crippen LogP contribution in [0.2, 0.25) is 0 Å². The summed E-state index contributed by atoms with van der Waals surface area (Å²) >= 11 is 1.40. The Morgan fingerprint density at radius 3 is 3.12 bits per heavy atom. The minimum absolute atomic E-state index is 0.0876. The Morgan fingerprint density at radius 1 is 1.59 bits per heavy atom. The molecular weight excluding hydrogens is 242 g/mol. The van der Waals surface area contributed by atoms with Crippen LogP contribution in [0.4, 0.5) is 10.8 Å². The van der Waals surface area contributed by atoms with Crippen LogP contribution in [0, 0.1) is 10.1 Å². The van der Waals surface area contributed by atoms with E-state index < -0.39 is 4.92 Å². The van der Waals surface area contributed by atoms with Gasteiger partial charge in [0.15, 0.2) is 5.13 Å². The van der Waals surface area contributed by atoms with Gasteiger partial charge in [0.1, 0.15) is 0 Å². The molecule has 0 saturated carbocycles. The Morgan fingerprint density at radius 2 is 2.41 bits per heavy atom. The molecule has 0 amide bonds. The standard InChI is InChI=1S/C10H11N3O3S/c1-16-5-4-11-10-12-8-3-2-7(13(14)15)6-9(8)17-10/h2-3,6H,4-5H2,1H3,(H,11,12). The monoisotopic (exact) mass is 253 g/mol. The maximum Gasteiger partial charge on any atom is 0.270 e. The number of hydrogen-bond donors (Lipinski definition) is 1. The molecule has 2 rings (SSSR count). The first-order valence-electron chi connectivity index (χ1n) is 4.98. The van der Waals surface area contributed by atoms with Gasteiger partial charge in [-0.3, -0.25) is 10.1 Å². The first kappa shape index (κ1) is 11.7. The van der Waals surface area contributed by atoms with Crippen molar-refractivity contribution in [3.05, 3.63) is 28.3 Å². The second-order valence-corrected chi connectivity index (χ2v) is 4.38. The van der Waals surface area contributed by atoms with E-state index in [1.807, 2.05) is 0 Å². The zero-order valence-electron chi connectivity index (χ0n) is 9.17. The highest BCUT2D eigenvalue weighted by Gasteiger charge is 2.09. The van der Waals surface area contributed by atoms with E-state index in [4.69, 9.17) is 4.74 Å². The summed E-state index contributed by atoms with van der Waals surface area (Å²) in [6.07, 6.45) is 0. The number of nitro benzene ring substituents is 1. The molecule has 0 aliphatic heterocycles. The van der Waals surface area contributed by atoms with Gasteiger partial charge in [-0.15, -0.1) is 0 Å². The van der Waals surface area contributed by atoms with E-state index in [0.29, 0.717) is 13.2 Å². The first-order chi connectivity index (χ1) is 8.20. The number of methoxy groups -OCH3 is 1. The Balaban J connectivity index is 2.21. The number of thiazole rings is 1. The van der Waals surface area contributed by atoms with E-state index >= 15 is 0 Å². The van der Waals surface area contributed by atoms with E-state index in [2.05, 4.69) is 10.3 Å². The summed E-state index contributed by atoms with van der Waals surface area (Å²) in [7, 11) is 1.63. The number of hydrogen-bond acceptors (Lipinski definition) is 6. The van der Waals surface area contributed by atoms with Crippen molar-refractivity contribution in [3.63, 3.8) is 0 Å². The van der Waals surface area contributed by atoms with Crippen LogP contribution < -0.4 is 5.32 Å². The molecule has 0 atom stereocenters. The third-order valence-electron chi connectivity index (χ3n) is 2.17. The molecule has 1 heterocycles. The minimum atomic E-state index is -0.406. The highest BCUT2D eigenvalue weighted by atomic mass is 32.1. The van der Waals surface area contributed by atoms with Gasteiger partial charge < -0.3 is 10.1 Å². The number of nitrogens with one attached hydrogen (secondary N) is 1. The van der Waals surface area contributed by atoms with Crippen molar-refractivity contribution in [3.8, 4) is 0 Å². The molecule has 0 unspecified atom stereocenters. The fourth-order valence-corrected chi connectivity index (χ4v) is 2.29. The molecule has 0 aliphatic carbocycles. The minimum Gasteiger partial charge on any atom is -0.383 e. The third-order valence-corrected chi connectivity index (χ3v) is 3.14. The van der Waals surface area contributed by atoms with Crippen LogP contribution in [0.15, 0.2) is 18.2 Å². The predicted molar refractivity (Wildman–Crippen MR) is 66.6 cm³/mol. The number of benzene rings is 1. The Hall–Kier alpha value is -1.73. The largest absolute Gasteiger partial charge is 0.383 e. The zero-order chi connectivity index (χ0) is 12.3. The highest BCUT2D eigenvalue weighted by Crippen LogP contribution is 2.28. The van der Waals surface area contributed by atoms with Gasteiger partial charge >= 0.3 is 0 Å². The molecule has 7 heteroatoms. The van der Waals surface area contributed by atoms with Crippen molar-refractivity contribution in [1.82, 2.24) is 4.98 Å². The van der Waals surface area contributed by atoms with Gasteiger partial charge in [0.25, 0.3) is 5.69 Å². The van der Waals surface area contributed by atoms with Gasteiger partial charge in [0.05, 0.1) is 21.7 Å². The summed E-state index contributed by atoms with van der Waals surface area (Å²) in [6, 6.07) is 4.65. The molecule has 1 aromatic carbocycles. The number of nitrogens with zero attached hydrogens (tertiary/aromatic N) is 2. The fourth-order valence-electron chi connectivity index (χ4n) is 1.36. The van der Waals surface area contributed by atoms with Crippen molar-refractivity contribution in [2.24, 2.45) is 0 Å². The van der Waals surface area contributed by atoms with E-state index in [-0.39, 0.29) is 5.69 Å². The van der Waals surface area contributed by atoms with Crippen LogP contribution in [0.1, 0.15) is 0 Å². The van der Waals surface area contributed by atoms with Crippen molar-refractivity contribution in [1.29, 1.82) is 0 Å². The Kier molecular flexibility index (Phi) is 3.50. The molecule has 2 aromatic rings. The quantitative estimate of drug-likeness (QED) is 0.502. The average molecular weight is 253 g/mol. The number of aromatic nitrogens is 1. The molecular formula is C10H11N3O3S. The fraction of sp³-hybridized carbons (Fsp3) is 0.300. The number of nitro groups is 1. The molecule has 0 aliphatic rings. The summed E-state index contributed by atoms with van der Waals surface area (Å²) in [5.74, 6) is 0.